The predicted octanol–water partition coefficient (Wildman–Crippen LogP) is 4.67. The van der Waals surface area contributed by atoms with Gasteiger partial charge in [-0.15, -0.1) is 0 Å². The number of carboxylic acid groups (broad SMARTS) is 1. The van der Waals surface area contributed by atoms with Gasteiger partial charge in [0.05, 0.1) is 31.9 Å². The molecule has 2 aliphatic heterocycles. The molecule has 6 bridgehead atoms. The fourth-order valence-corrected chi connectivity index (χ4v) is 4.47. The van der Waals surface area contributed by atoms with Crippen LogP contribution in [0.15, 0.2) is 42.5 Å². The van der Waals surface area contributed by atoms with E-state index in [2.05, 4.69) is 36.2 Å². The van der Waals surface area contributed by atoms with Crippen molar-refractivity contribution >= 4 is 35.6 Å². The molecule has 1 atom stereocenters. The van der Waals surface area contributed by atoms with E-state index in [1.165, 1.54) is 6.07 Å². The fourth-order valence-electron chi connectivity index (χ4n) is 4.47. The van der Waals surface area contributed by atoms with Gasteiger partial charge in [-0.3, -0.25) is 4.79 Å². The summed E-state index contributed by atoms with van der Waals surface area (Å²) in [5.74, 6) is -0.554. The van der Waals surface area contributed by atoms with Gasteiger partial charge in [0.2, 0.25) is 11.9 Å². The molecule has 5 N–H and O–H groups in total. The Kier molecular flexibility index (Phi) is 12.6. The SMILES string of the molecule is CCOc1nc2nc(n1)Nc1ccc(C(=O)N[C@H](CNC(=O)OC(C)(C)C)C(=O)O)c(c1)OCCCCCCOc1ccc(cc1)CN2. The lowest BCUT2D eigenvalue weighted by molar-refractivity contribution is -0.139. The van der Waals surface area contributed by atoms with Crippen LogP contribution >= 0.6 is 0 Å². The Morgan fingerprint density at radius 3 is 2.35 bits per heavy atom. The average Bonchev–Trinajstić information content (AvgIpc) is 3.02. The largest absolute Gasteiger partial charge is 0.494 e. The number of anilines is 3. The van der Waals surface area contributed by atoms with E-state index in [0.29, 0.717) is 38.5 Å². The molecule has 3 aromatic rings. The van der Waals surface area contributed by atoms with Gasteiger partial charge in [-0.05, 0) is 83.2 Å². The molecule has 258 valence electrons. The van der Waals surface area contributed by atoms with Gasteiger partial charge in [0.15, 0.2) is 0 Å². The van der Waals surface area contributed by atoms with Crippen molar-refractivity contribution in [1.29, 1.82) is 0 Å². The number of rotatable bonds is 7. The van der Waals surface area contributed by atoms with Crippen molar-refractivity contribution in [3.8, 4) is 17.5 Å². The molecule has 15 heteroatoms. The number of hydrogen-bond acceptors (Lipinski definition) is 12. The van der Waals surface area contributed by atoms with Crippen molar-refractivity contribution < 1.29 is 38.4 Å². The third-order valence-corrected chi connectivity index (χ3v) is 6.76. The van der Waals surface area contributed by atoms with Crippen LogP contribution < -0.4 is 35.5 Å². The summed E-state index contributed by atoms with van der Waals surface area (Å²) in [5.41, 5.74) is 0.837. The van der Waals surface area contributed by atoms with Gasteiger partial charge in [-0.2, -0.15) is 15.0 Å². The lowest BCUT2D eigenvalue weighted by Crippen LogP contribution is -2.49. The zero-order chi connectivity index (χ0) is 34.5. The molecule has 2 aliphatic rings. The summed E-state index contributed by atoms with van der Waals surface area (Å²) in [6.45, 7) is 8.16. The first-order chi connectivity index (χ1) is 23.0. The Hall–Kier alpha value is -5.34. The van der Waals surface area contributed by atoms with Crippen molar-refractivity contribution in [3.05, 3.63) is 53.6 Å². The highest BCUT2D eigenvalue weighted by atomic mass is 16.6. The second-order valence-corrected chi connectivity index (χ2v) is 11.9. The molecule has 0 spiro atoms. The number of amides is 2. The van der Waals surface area contributed by atoms with Gasteiger partial charge >= 0.3 is 18.1 Å². The number of nitrogens with one attached hydrogen (secondary N) is 4. The van der Waals surface area contributed by atoms with Crippen LogP contribution in [0.4, 0.5) is 22.4 Å². The number of ether oxygens (including phenoxy) is 4. The molecule has 0 saturated heterocycles. The molecule has 2 aromatic carbocycles. The van der Waals surface area contributed by atoms with Gasteiger partial charge in [-0.25, -0.2) is 9.59 Å². The Labute approximate surface area is 279 Å². The maximum atomic E-state index is 13.4. The highest BCUT2D eigenvalue weighted by Gasteiger charge is 2.25. The number of benzene rings is 2. The van der Waals surface area contributed by atoms with Crippen molar-refractivity contribution in [1.82, 2.24) is 25.6 Å². The van der Waals surface area contributed by atoms with Crippen LogP contribution in [0, 0.1) is 0 Å². The number of nitrogens with zero attached hydrogens (tertiary/aromatic N) is 3. The fraction of sp³-hybridized carbons (Fsp3) is 0.455. The third kappa shape index (κ3) is 11.5. The molecule has 0 aliphatic carbocycles. The van der Waals surface area contributed by atoms with E-state index in [-0.39, 0.29) is 29.2 Å². The van der Waals surface area contributed by atoms with Gasteiger partial charge in [0.1, 0.15) is 23.1 Å². The maximum absolute atomic E-state index is 13.4. The molecule has 0 unspecified atom stereocenters. The standard InChI is InChI=1S/C33H43N7O8/c1-5-45-31-39-29-34-19-21-10-13-23(14-11-21)46-16-8-6-7-9-17-47-26-18-22(36-30(38-29)40-31)12-15-24(26)27(41)37-25(28(42)43)20-35-32(44)48-33(2,3)4/h10-15,18,25H,5-9,16-17,19-20H2,1-4H3,(H,35,44)(H,37,41)(H,42,43)(H2,34,36,38,39,40)/t25-/m1/s1. The van der Waals surface area contributed by atoms with E-state index in [1.807, 2.05) is 31.2 Å². The van der Waals surface area contributed by atoms with Crippen LogP contribution in [0.3, 0.4) is 0 Å². The lowest BCUT2D eigenvalue weighted by Gasteiger charge is -2.21. The first-order valence-corrected chi connectivity index (χ1v) is 15.9. The Morgan fingerprint density at radius 1 is 0.958 bits per heavy atom. The monoisotopic (exact) mass is 665 g/mol. The lowest BCUT2D eigenvalue weighted by atomic mass is 10.1. The van der Waals surface area contributed by atoms with Gasteiger partial charge in [-0.1, -0.05) is 12.1 Å². The van der Waals surface area contributed by atoms with Crippen LogP contribution in [0.2, 0.25) is 0 Å². The summed E-state index contributed by atoms with van der Waals surface area (Å²) in [7, 11) is 0. The smallest absolute Gasteiger partial charge is 0.407 e. The topological polar surface area (TPSA) is 195 Å². The maximum Gasteiger partial charge on any atom is 0.407 e. The molecule has 0 radical (unpaired) electrons. The van der Waals surface area contributed by atoms with Crippen LogP contribution in [0.5, 0.6) is 17.5 Å². The van der Waals surface area contributed by atoms with Crippen LogP contribution in [-0.2, 0) is 16.1 Å². The Bertz CT molecular complexity index is 1550. The zero-order valence-electron chi connectivity index (χ0n) is 27.6. The highest BCUT2D eigenvalue weighted by Crippen LogP contribution is 2.27. The minimum Gasteiger partial charge on any atom is -0.494 e. The molecular weight excluding hydrogens is 622 g/mol. The summed E-state index contributed by atoms with van der Waals surface area (Å²) in [5, 5.41) is 20.9. The number of carbonyl (C=O) groups is 3. The van der Waals surface area contributed by atoms with E-state index in [0.717, 1.165) is 30.6 Å². The zero-order valence-corrected chi connectivity index (χ0v) is 27.6. The highest BCUT2D eigenvalue weighted by molar-refractivity contribution is 5.99. The number of carbonyl (C=O) groups excluding carboxylic acids is 2. The molecule has 2 amide bonds. The summed E-state index contributed by atoms with van der Waals surface area (Å²) in [4.78, 5) is 50.6. The van der Waals surface area contributed by atoms with Crippen LogP contribution in [-0.4, -0.2) is 76.0 Å². The Balaban J connectivity index is 1.56. The van der Waals surface area contributed by atoms with Crippen molar-refractivity contribution in [2.75, 3.05) is 37.0 Å². The second kappa shape index (κ2) is 17.0. The van der Waals surface area contributed by atoms with E-state index < -0.39 is 36.2 Å². The van der Waals surface area contributed by atoms with Crippen molar-refractivity contribution in [3.63, 3.8) is 0 Å². The first-order valence-electron chi connectivity index (χ1n) is 15.9. The number of hydrogen-bond donors (Lipinski definition) is 5. The molecule has 3 heterocycles. The quantitative estimate of drug-likeness (QED) is 0.234. The van der Waals surface area contributed by atoms with E-state index in [9.17, 15) is 19.5 Å². The number of carboxylic acids is 1. The molecule has 0 saturated carbocycles. The van der Waals surface area contributed by atoms with E-state index >= 15 is 0 Å². The predicted molar refractivity (Wildman–Crippen MR) is 177 cm³/mol. The minimum absolute atomic E-state index is 0.105. The summed E-state index contributed by atoms with van der Waals surface area (Å²) in [6, 6.07) is 11.2. The molecule has 5 rings (SSSR count). The summed E-state index contributed by atoms with van der Waals surface area (Å²) in [6.07, 6.45) is 2.58. The van der Waals surface area contributed by atoms with Gasteiger partial charge < -0.3 is 45.3 Å². The molecular formula is C33H43N7O8. The third-order valence-electron chi connectivity index (χ3n) is 6.76. The number of fused-ring (bicyclic) bond motifs is 10. The molecule has 48 heavy (non-hydrogen) atoms. The molecule has 15 nitrogen and oxygen atoms in total. The van der Waals surface area contributed by atoms with Crippen LogP contribution in [0.25, 0.3) is 0 Å². The number of alkyl carbamates (subject to hydrolysis) is 1. The van der Waals surface area contributed by atoms with Crippen molar-refractivity contribution in [2.45, 2.75) is 71.6 Å². The molecule has 1 aromatic heterocycles. The van der Waals surface area contributed by atoms with E-state index in [1.54, 1.807) is 32.9 Å². The van der Waals surface area contributed by atoms with E-state index in [4.69, 9.17) is 18.9 Å². The summed E-state index contributed by atoms with van der Waals surface area (Å²) >= 11 is 0. The van der Waals surface area contributed by atoms with Gasteiger partial charge in [0, 0.05) is 18.3 Å². The normalized spacial score (nSPS) is 14.3. The first kappa shape index (κ1) is 35.5. The van der Waals surface area contributed by atoms with Crippen molar-refractivity contribution in [2.24, 2.45) is 0 Å². The van der Waals surface area contributed by atoms with Gasteiger partial charge in [0.25, 0.3) is 5.91 Å². The number of aliphatic carboxylic acids is 1. The van der Waals surface area contributed by atoms with Crippen LogP contribution in [0.1, 0.15) is 69.3 Å². The number of aromatic nitrogens is 3. The average molecular weight is 666 g/mol. The Morgan fingerprint density at radius 2 is 1.67 bits per heavy atom. The second-order valence-electron chi connectivity index (χ2n) is 11.9. The minimum atomic E-state index is -1.43. The molecule has 0 fully saturated rings. The summed E-state index contributed by atoms with van der Waals surface area (Å²) < 4.78 is 22.7.